The Morgan fingerprint density at radius 1 is 1.33 bits per heavy atom. The van der Waals surface area contributed by atoms with Crippen LogP contribution in [0.5, 0.6) is 5.75 Å². The third-order valence-electron chi connectivity index (χ3n) is 1.91. The molecule has 1 aromatic rings. The Labute approximate surface area is 85.3 Å². The van der Waals surface area contributed by atoms with E-state index < -0.39 is 23.6 Å². The summed E-state index contributed by atoms with van der Waals surface area (Å²) in [6.07, 6.45) is -0.791. The lowest BCUT2D eigenvalue weighted by atomic mass is 10.1. The van der Waals surface area contributed by atoms with E-state index in [1.54, 1.807) is 0 Å². The van der Waals surface area contributed by atoms with Crippen LogP contribution in [0.3, 0.4) is 0 Å². The number of hydrogen-bond donors (Lipinski definition) is 1. The average molecular weight is 220 g/mol. The highest BCUT2D eigenvalue weighted by Gasteiger charge is 2.19. The summed E-state index contributed by atoms with van der Waals surface area (Å²) in [6.45, 7) is 1.46. The Bertz CT molecular complexity index is 364. The van der Waals surface area contributed by atoms with Crippen LogP contribution < -0.4 is 4.74 Å². The zero-order valence-electron chi connectivity index (χ0n) is 8.35. The van der Waals surface area contributed by atoms with E-state index in [2.05, 4.69) is 4.74 Å². The van der Waals surface area contributed by atoms with Crippen molar-refractivity contribution in [1.82, 2.24) is 0 Å². The molecule has 0 aliphatic rings. The molecule has 0 heterocycles. The van der Waals surface area contributed by atoms with Crippen molar-refractivity contribution >= 4 is 0 Å². The number of methoxy groups -OCH3 is 1. The second-order valence-corrected chi connectivity index (χ2v) is 3.23. The fraction of sp³-hybridized carbons (Fsp3) is 0.400. The third kappa shape index (κ3) is 2.41. The van der Waals surface area contributed by atoms with Crippen molar-refractivity contribution < 1.29 is 23.0 Å². The summed E-state index contributed by atoms with van der Waals surface area (Å²) < 4.78 is 43.4. The van der Waals surface area contributed by atoms with Gasteiger partial charge in [-0.15, -0.1) is 0 Å². The Morgan fingerprint density at radius 2 is 1.93 bits per heavy atom. The molecule has 0 amide bonds. The molecule has 0 aliphatic carbocycles. The van der Waals surface area contributed by atoms with Crippen LogP contribution in [0.4, 0.5) is 13.2 Å². The van der Waals surface area contributed by atoms with Gasteiger partial charge in [0.15, 0.2) is 17.4 Å². The van der Waals surface area contributed by atoms with E-state index in [-0.39, 0.29) is 17.7 Å². The molecular formula is C10H11F3O2. The van der Waals surface area contributed by atoms with Gasteiger partial charge in [-0.1, -0.05) is 0 Å². The summed E-state index contributed by atoms with van der Waals surface area (Å²) in [5.74, 6) is -4.59. The minimum Gasteiger partial charge on any atom is -0.493 e. The first-order valence-electron chi connectivity index (χ1n) is 4.35. The fourth-order valence-electron chi connectivity index (χ4n) is 1.32. The van der Waals surface area contributed by atoms with E-state index in [1.807, 2.05) is 0 Å². The molecule has 0 radical (unpaired) electrons. The van der Waals surface area contributed by atoms with Gasteiger partial charge in [-0.05, 0) is 13.0 Å². The minimum absolute atomic E-state index is 0.00269. The summed E-state index contributed by atoms with van der Waals surface area (Å²) in [6, 6.07) is 0.823. The lowest BCUT2D eigenvalue weighted by Gasteiger charge is -2.11. The molecule has 1 unspecified atom stereocenters. The highest BCUT2D eigenvalue weighted by molar-refractivity contribution is 5.36. The molecule has 84 valence electrons. The molecule has 0 aliphatic heterocycles. The number of benzene rings is 1. The van der Waals surface area contributed by atoms with E-state index in [1.165, 1.54) is 6.92 Å². The predicted molar refractivity (Wildman–Crippen MR) is 48.3 cm³/mol. The Balaban J connectivity index is 3.25. The smallest absolute Gasteiger partial charge is 0.203 e. The maximum absolute atomic E-state index is 13.2. The molecule has 15 heavy (non-hydrogen) atoms. The van der Waals surface area contributed by atoms with Crippen molar-refractivity contribution in [3.05, 3.63) is 29.1 Å². The number of aliphatic hydroxyl groups excluding tert-OH is 1. The summed E-state index contributed by atoms with van der Waals surface area (Å²) in [7, 11) is 1.15. The maximum Gasteiger partial charge on any atom is 0.203 e. The summed E-state index contributed by atoms with van der Waals surface area (Å²) in [5.41, 5.74) is 0.101. The lowest BCUT2D eigenvalue weighted by molar-refractivity contribution is 0.193. The lowest BCUT2D eigenvalue weighted by Crippen LogP contribution is -2.08. The zero-order chi connectivity index (χ0) is 11.6. The standard InChI is InChI=1S/C10H11F3O2/c1-5(14)3-6-4-7(11)8(12)9(13)10(6)15-2/h4-5,14H,3H2,1-2H3. The normalized spacial score (nSPS) is 12.7. The van der Waals surface area contributed by atoms with Crippen molar-refractivity contribution in [2.45, 2.75) is 19.4 Å². The van der Waals surface area contributed by atoms with E-state index in [4.69, 9.17) is 5.11 Å². The first-order chi connectivity index (χ1) is 6.97. The summed E-state index contributed by atoms with van der Waals surface area (Å²) >= 11 is 0. The third-order valence-corrected chi connectivity index (χ3v) is 1.91. The first kappa shape index (κ1) is 11.8. The Morgan fingerprint density at radius 3 is 2.40 bits per heavy atom. The van der Waals surface area contributed by atoms with Crippen molar-refractivity contribution in [2.24, 2.45) is 0 Å². The van der Waals surface area contributed by atoms with Gasteiger partial charge in [0, 0.05) is 12.0 Å². The topological polar surface area (TPSA) is 29.5 Å². The molecule has 0 bridgehead atoms. The molecule has 0 aromatic heterocycles. The van der Waals surface area contributed by atoms with Crippen LogP contribution in [0.2, 0.25) is 0 Å². The molecular weight excluding hydrogens is 209 g/mol. The van der Waals surface area contributed by atoms with Gasteiger partial charge in [-0.3, -0.25) is 0 Å². The summed E-state index contributed by atoms with van der Waals surface area (Å²) in [4.78, 5) is 0. The molecule has 0 fully saturated rings. The maximum atomic E-state index is 13.2. The largest absolute Gasteiger partial charge is 0.493 e. The van der Waals surface area contributed by atoms with Crippen LogP contribution in [-0.2, 0) is 6.42 Å². The second kappa shape index (κ2) is 4.53. The fourth-order valence-corrected chi connectivity index (χ4v) is 1.32. The van der Waals surface area contributed by atoms with Crippen LogP contribution >= 0.6 is 0 Å². The number of halogens is 3. The van der Waals surface area contributed by atoms with Gasteiger partial charge < -0.3 is 9.84 Å². The van der Waals surface area contributed by atoms with Gasteiger partial charge in [0.25, 0.3) is 0 Å². The molecule has 1 rings (SSSR count). The van der Waals surface area contributed by atoms with Crippen LogP contribution in [0, 0.1) is 17.5 Å². The average Bonchev–Trinajstić information content (AvgIpc) is 2.14. The molecule has 1 N–H and O–H groups in total. The molecule has 0 saturated heterocycles. The SMILES string of the molecule is COc1c(CC(C)O)cc(F)c(F)c1F. The van der Waals surface area contributed by atoms with Crippen molar-refractivity contribution in [1.29, 1.82) is 0 Å². The van der Waals surface area contributed by atoms with Crippen LogP contribution in [0.25, 0.3) is 0 Å². The van der Waals surface area contributed by atoms with Crippen LogP contribution in [0.15, 0.2) is 6.07 Å². The van der Waals surface area contributed by atoms with Gasteiger partial charge in [0.05, 0.1) is 13.2 Å². The van der Waals surface area contributed by atoms with E-state index in [0.717, 1.165) is 13.2 Å². The number of ether oxygens (including phenoxy) is 1. The highest BCUT2D eigenvalue weighted by atomic mass is 19.2. The van der Waals surface area contributed by atoms with Gasteiger partial charge in [-0.2, -0.15) is 4.39 Å². The number of aliphatic hydroxyl groups is 1. The molecule has 0 saturated carbocycles. The molecule has 2 nitrogen and oxygen atoms in total. The van der Waals surface area contributed by atoms with Crippen molar-refractivity contribution in [3.63, 3.8) is 0 Å². The molecule has 0 spiro atoms. The van der Waals surface area contributed by atoms with E-state index in [9.17, 15) is 13.2 Å². The summed E-state index contributed by atoms with van der Waals surface area (Å²) in [5, 5.41) is 9.08. The van der Waals surface area contributed by atoms with Gasteiger partial charge in [-0.25, -0.2) is 8.78 Å². The Hall–Kier alpha value is -1.23. The highest BCUT2D eigenvalue weighted by Crippen LogP contribution is 2.27. The quantitative estimate of drug-likeness (QED) is 0.790. The van der Waals surface area contributed by atoms with E-state index >= 15 is 0 Å². The molecule has 5 heteroatoms. The Kier molecular flexibility index (Phi) is 3.57. The molecule has 1 aromatic carbocycles. The first-order valence-corrected chi connectivity index (χ1v) is 4.35. The predicted octanol–water partition coefficient (Wildman–Crippen LogP) is 2.04. The second-order valence-electron chi connectivity index (χ2n) is 3.23. The van der Waals surface area contributed by atoms with Crippen molar-refractivity contribution in [3.8, 4) is 5.75 Å². The zero-order valence-corrected chi connectivity index (χ0v) is 8.35. The monoisotopic (exact) mass is 220 g/mol. The van der Waals surface area contributed by atoms with Crippen LogP contribution in [0.1, 0.15) is 12.5 Å². The van der Waals surface area contributed by atoms with Gasteiger partial charge in [0.1, 0.15) is 0 Å². The molecule has 1 atom stereocenters. The van der Waals surface area contributed by atoms with Gasteiger partial charge >= 0.3 is 0 Å². The van der Waals surface area contributed by atoms with Gasteiger partial charge in [0.2, 0.25) is 5.82 Å². The van der Waals surface area contributed by atoms with Crippen LogP contribution in [-0.4, -0.2) is 18.3 Å². The van der Waals surface area contributed by atoms with E-state index in [0.29, 0.717) is 0 Å². The minimum atomic E-state index is -1.57. The van der Waals surface area contributed by atoms with Crippen molar-refractivity contribution in [2.75, 3.05) is 7.11 Å². The number of rotatable bonds is 3. The number of hydrogen-bond acceptors (Lipinski definition) is 2.